The number of carbonyl (C=O) groups excluding carboxylic acids is 1. The van der Waals surface area contributed by atoms with E-state index in [9.17, 15) is 4.79 Å². The first-order chi connectivity index (χ1) is 14.5. The van der Waals surface area contributed by atoms with Gasteiger partial charge in [0.25, 0.3) is 5.91 Å². The predicted molar refractivity (Wildman–Crippen MR) is 119 cm³/mol. The van der Waals surface area contributed by atoms with E-state index in [-0.39, 0.29) is 11.9 Å². The minimum atomic E-state index is -0.0319. The van der Waals surface area contributed by atoms with E-state index in [2.05, 4.69) is 34.5 Å². The SMILES string of the molecule is Cc1nc2c(c(C(=O)NC(C)C)c1OCCN1CCc3ccccc3C1)CCCC2. The predicted octanol–water partition coefficient (Wildman–Crippen LogP) is 3.84. The van der Waals surface area contributed by atoms with Gasteiger partial charge < -0.3 is 10.1 Å². The standard InChI is InChI=1S/C25H33N3O2/c1-17(2)26-25(29)23-21-10-6-7-11-22(21)27-18(3)24(23)30-15-14-28-13-12-19-8-4-5-9-20(19)16-28/h4-5,8-9,17H,6-7,10-16H2,1-3H3,(H,26,29). The van der Waals surface area contributed by atoms with E-state index in [0.29, 0.717) is 12.4 Å². The molecule has 5 heteroatoms. The third-order valence-electron chi connectivity index (χ3n) is 6.11. The second-order valence-corrected chi connectivity index (χ2v) is 8.81. The average molecular weight is 408 g/mol. The highest BCUT2D eigenvalue weighted by Crippen LogP contribution is 2.32. The third-order valence-corrected chi connectivity index (χ3v) is 6.11. The summed E-state index contributed by atoms with van der Waals surface area (Å²) in [7, 11) is 0. The van der Waals surface area contributed by atoms with Gasteiger partial charge >= 0.3 is 0 Å². The maximum atomic E-state index is 13.1. The molecule has 4 rings (SSSR count). The van der Waals surface area contributed by atoms with Crippen LogP contribution < -0.4 is 10.1 Å². The fourth-order valence-electron chi connectivity index (χ4n) is 4.63. The lowest BCUT2D eigenvalue weighted by molar-refractivity contribution is 0.0936. The molecular weight excluding hydrogens is 374 g/mol. The number of fused-ring (bicyclic) bond motifs is 2. The number of amides is 1. The zero-order chi connectivity index (χ0) is 21.1. The Labute approximate surface area is 179 Å². The first-order valence-corrected chi connectivity index (χ1v) is 11.3. The van der Waals surface area contributed by atoms with E-state index in [0.717, 1.165) is 74.3 Å². The van der Waals surface area contributed by atoms with Crippen molar-refractivity contribution in [2.45, 2.75) is 65.5 Å². The Morgan fingerprint density at radius 3 is 2.73 bits per heavy atom. The van der Waals surface area contributed by atoms with Crippen LogP contribution in [-0.2, 0) is 25.8 Å². The summed E-state index contributed by atoms with van der Waals surface area (Å²) >= 11 is 0. The summed E-state index contributed by atoms with van der Waals surface area (Å²) in [6.07, 6.45) is 5.18. The molecule has 160 valence electrons. The van der Waals surface area contributed by atoms with Gasteiger partial charge in [0.15, 0.2) is 5.75 Å². The molecule has 0 bridgehead atoms. The van der Waals surface area contributed by atoms with Crippen molar-refractivity contribution in [1.82, 2.24) is 15.2 Å². The van der Waals surface area contributed by atoms with Crippen molar-refractivity contribution in [2.75, 3.05) is 19.7 Å². The van der Waals surface area contributed by atoms with Crippen LogP contribution in [0.15, 0.2) is 24.3 Å². The molecule has 0 fully saturated rings. The first kappa shape index (κ1) is 20.9. The van der Waals surface area contributed by atoms with Crippen LogP contribution in [0, 0.1) is 6.92 Å². The van der Waals surface area contributed by atoms with Crippen LogP contribution in [0.1, 0.15) is 65.1 Å². The van der Waals surface area contributed by atoms with Crippen LogP contribution in [0.25, 0.3) is 0 Å². The van der Waals surface area contributed by atoms with Gasteiger partial charge in [-0.25, -0.2) is 0 Å². The lowest BCUT2D eigenvalue weighted by Crippen LogP contribution is -2.35. The number of hydrogen-bond donors (Lipinski definition) is 1. The average Bonchev–Trinajstić information content (AvgIpc) is 2.73. The van der Waals surface area contributed by atoms with Crippen molar-refractivity contribution in [3.63, 3.8) is 0 Å². The van der Waals surface area contributed by atoms with Gasteiger partial charge in [-0.05, 0) is 69.6 Å². The molecule has 0 atom stereocenters. The molecule has 2 aliphatic rings. The smallest absolute Gasteiger partial charge is 0.255 e. The highest BCUT2D eigenvalue weighted by Gasteiger charge is 2.26. The van der Waals surface area contributed by atoms with E-state index < -0.39 is 0 Å². The van der Waals surface area contributed by atoms with Crippen LogP contribution in [0.2, 0.25) is 0 Å². The Balaban J connectivity index is 1.50. The number of benzene rings is 1. The molecular formula is C25H33N3O2. The number of nitrogens with one attached hydrogen (secondary N) is 1. The van der Waals surface area contributed by atoms with Gasteiger partial charge in [0.1, 0.15) is 6.61 Å². The van der Waals surface area contributed by atoms with Gasteiger partial charge in [-0.15, -0.1) is 0 Å². The van der Waals surface area contributed by atoms with Gasteiger partial charge in [0.2, 0.25) is 0 Å². The van der Waals surface area contributed by atoms with Crippen molar-refractivity contribution in [2.24, 2.45) is 0 Å². The molecule has 1 amide bonds. The summed E-state index contributed by atoms with van der Waals surface area (Å²) < 4.78 is 6.26. The van der Waals surface area contributed by atoms with Gasteiger partial charge in [0, 0.05) is 31.4 Å². The number of aryl methyl sites for hydroxylation is 2. The molecule has 30 heavy (non-hydrogen) atoms. The Morgan fingerprint density at radius 2 is 1.93 bits per heavy atom. The fraction of sp³-hybridized carbons (Fsp3) is 0.520. The van der Waals surface area contributed by atoms with Crippen LogP contribution >= 0.6 is 0 Å². The maximum Gasteiger partial charge on any atom is 0.255 e. The maximum absolute atomic E-state index is 13.1. The number of pyridine rings is 1. The summed E-state index contributed by atoms with van der Waals surface area (Å²) in [4.78, 5) is 20.3. The minimum absolute atomic E-state index is 0.0319. The van der Waals surface area contributed by atoms with Crippen molar-refractivity contribution in [3.8, 4) is 5.75 Å². The van der Waals surface area contributed by atoms with Gasteiger partial charge in [0.05, 0.1) is 11.3 Å². The minimum Gasteiger partial charge on any atom is -0.489 e. The first-order valence-electron chi connectivity index (χ1n) is 11.3. The summed E-state index contributed by atoms with van der Waals surface area (Å²) in [5.41, 5.74) is 6.58. The molecule has 2 aromatic rings. The second kappa shape index (κ2) is 9.17. The Hall–Kier alpha value is -2.40. The number of rotatable bonds is 6. The monoisotopic (exact) mass is 407 g/mol. The van der Waals surface area contributed by atoms with E-state index in [1.807, 2.05) is 20.8 Å². The van der Waals surface area contributed by atoms with E-state index in [4.69, 9.17) is 9.72 Å². The van der Waals surface area contributed by atoms with Crippen LogP contribution in [0.5, 0.6) is 5.75 Å². The molecule has 1 aliphatic heterocycles. The summed E-state index contributed by atoms with van der Waals surface area (Å²) in [6.45, 7) is 9.36. The zero-order valence-corrected chi connectivity index (χ0v) is 18.5. The third kappa shape index (κ3) is 4.51. The van der Waals surface area contributed by atoms with Crippen LogP contribution in [0.4, 0.5) is 0 Å². The molecule has 5 nitrogen and oxygen atoms in total. The van der Waals surface area contributed by atoms with Gasteiger partial charge in [-0.1, -0.05) is 24.3 Å². The van der Waals surface area contributed by atoms with E-state index >= 15 is 0 Å². The van der Waals surface area contributed by atoms with Crippen molar-refractivity contribution in [3.05, 3.63) is 57.9 Å². The molecule has 0 unspecified atom stereocenters. The molecule has 0 radical (unpaired) electrons. The molecule has 1 aromatic heterocycles. The van der Waals surface area contributed by atoms with Crippen LogP contribution in [0.3, 0.4) is 0 Å². The highest BCUT2D eigenvalue weighted by molar-refractivity contribution is 5.99. The molecule has 2 heterocycles. The molecule has 0 saturated heterocycles. The van der Waals surface area contributed by atoms with Crippen molar-refractivity contribution >= 4 is 5.91 Å². The molecule has 1 N–H and O–H groups in total. The van der Waals surface area contributed by atoms with Crippen molar-refractivity contribution in [1.29, 1.82) is 0 Å². The molecule has 1 aromatic carbocycles. The second-order valence-electron chi connectivity index (χ2n) is 8.81. The number of nitrogens with zero attached hydrogens (tertiary/aromatic N) is 2. The molecule has 0 saturated carbocycles. The zero-order valence-electron chi connectivity index (χ0n) is 18.5. The Kier molecular flexibility index (Phi) is 6.38. The number of hydrogen-bond acceptors (Lipinski definition) is 4. The van der Waals surface area contributed by atoms with E-state index in [1.54, 1.807) is 0 Å². The van der Waals surface area contributed by atoms with Gasteiger partial charge in [-0.3, -0.25) is 14.7 Å². The highest BCUT2D eigenvalue weighted by atomic mass is 16.5. The lowest BCUT2D eigenvalue weighted by Gasteiger charge is -2.29. The number of ether oxygens (including phenoxy) is 1. The van der Waals surface area contributed by atoms with Crippen molar-refractivity contribution < 1.29 is 9.53 Å². The summed E-state index contributed by atoms with van der Waals surface area (Å²) in [5.74, 6) is 0.641. The lowest BCUT2D eigenvalue weighted by atomic mass is 9.90. The number of carbonyl (C=O) groups is 1. The number of aromatic nitrogens is 1. The molecule has 0 spiro atoms. The largest absolute Gasteiger partial charge is 0.489 e. The normalized spacial score (nSPS) is 16.1. The van der Waals surface area contributed by atoms with E-state index in [1.165, 1.54) is 11.1 Å². The quantitative estimate of drug-likeness (QED) is 0.790. The fourth-order valence-corrected chi connectivity index (χ4v) is 4.63. The summed E-state index contributed by atoms with van der Waals surface area (Å²) in [5, 5.41) is 3.07. The summed E-state index contributed by atoms with van der Waals surface area (Å²) in [6, 6.07) is 8.76. The molecule has 1 aliphatic carbocycles. The van der Waals surface area contributed by atoms with Crippen LogP contribution in [-0.4, -0.2) is 41.5 Å². The van der Waals surface area contributed by atoms with Gasteiger partial charge in [-0.2, -0.15) is 0 Å². The Bertz CT molecular complexity index is 923. The Morgan fingerprint density at radius 1 is 1.17 bits per heavy atom. The topological polar surface area (TPSA) is 54.5 Å².